The highest BCUT2D eigenvalue weighted by atomic mass is 35.5. The molecule has 10 heteroatoms. The third-order valence-electron chi connectivity index (χ3n) is 6.02. The van der Waals surface area contributed by atoms with E-state index in [1.54, 1.807) is 0 Å². The van der Waals surface area contributed by atoms with Crippen LogP contribution < -0.4 is 10.6 Å². The van der Waals surface area contributed by atoms with Gasteiger partial charge in [0.2, 0.25) is 21.6 Å². The zero-order valence-electron chi connectivity index (χ0n) is 17.6. The molecular formula is C22H24ClN3O5S. The number of fused-ring (bicyclic) bond motifs is 1. The number of phenolic OH excluding ortho intramolecular Hbond substituents is 1. The van der Waals surface area contributed by atoms with E-state index in [1.165, 1.54) is 31.8 Å². The summed E-state index contributed by atoms with van der Waals surface area (Å²) in [6.45, 7) is 0. The van der Waals surface area contributed by atoms with Gasteiger partial charge in [-0.1, -0.05) is 35.9 Å². The van der Waals surface area contributed by atoms with Crippen molar-refractivity contribution in [3.8, 4) is 5.75 Å². The van der Waals surface area contributed by atoms with Crippen LogP contribution in [-0.2, 0) is 26.0 Å². The maximum absolute atomic E-state index is 12.6. The Morgan fingerprint density at radius 3 is 2.47 bits per heavy atom. The number of hydrogen-bond donors (Lipinski definition) is 3. The van der Waals surface area contributed by atoms with Crippen molar-refractivity contribution in [1.29, 1.82) is 0 Å². The number of ketones is 2. The van der Waals surface area contributed by atoms with Gasteiger partial charge in [0.15, 0.2) is 5.75 Å². The standard InChI is InChI=1S/C22H24ClN3O5S/c1-26(2)32(30,31)22-14(23)10-11-16(19(22)27)25-18-17(20(28)21(18)29)24-15-9-5-7-12-6-3-4-8-13(12)15/h3-4,6,8,10-11,15,17-18,24-25,27H,5,7,9H2,1-2H3/t15-,17?,18?/m1/s1. The topological polar surface area (TPSA) is 116 Å². The fraction of sp³-hybridized carbons (Fsp3) is 0.364. The van der Waals surface area contributed by atoms with Gasteiger partial charge in [0.1, 0.15) is 17.0 Å². The predicted octanol–water partition coefficient (Wildman–Crippen LogP) is 2.26. The summed E-state index contributed by atoms with van der Waals surface area (Å²) < 4.78 is 26.1. The van der Waals surface area contributed by atoms with E-state index in [4.69, 9.17) is 11.6 Å². The number of anilines is 1. The van der Waals surface area contributed by atoms with Crippen LogP contribution in [0.25, 0.3) is 0 Å². The maximum Gasteiger partial charge on any atom is 0.247 e. The van der Waals surface area contributed by atoms with Crippen LogP contribution in [0.1, 0.15) is 30.0 Å². The third kappa shape index (κ3) is 3.79. The average Bonchev–Trinajstić information content (AvgIpc) is 2.77. The first-order valence-electron chi connectivity index (χ1n) is 10.3. The van der Waals surface area contributed by atoms with Gasteiger partial charge in [0.25, 0.3) is 0 Å². The van der Waals surface area contributed by atoms with Gasteiger partial charge in [-0.15, -0.1) is 0 Å². The van der Waals surface area contributed by atoms with E-state index in [1.807, 2.05) is 18.2 Å². The van der Waals surface area contributed by atoms with Gasteiger partial charge in [-0.25, -0.2) is 12.7 Å². The molecule has 2 aromatic carbocycles. The average molecular weight is 478 g/mol. The van der Waals surface area contributed by atoms with Gasteiger partial charge < -0.3 is 10.4 Å². The van der Waals surface area contributed by atoms with Crippen LogP contribution in [-0.4, -0.2) is 55.6 Å². The number of phenols is 1. The number of carbonyl (C=O) groups is 2. The first-order valence-corrected chi connectivity index (χ1v) is 12.1. The molecule has 32 heavy (non-hydrogen) atoms. The number of benzene rings is 2. The quantitative estimate of drug-likeness (QED) is 0.431. The molecule has 1 fully saturated rings. The van der Waals surface area contributed by atoms with E-state index in [2.05, 4.69) is 16.7 Å². The van der Waals surface area contributed by atoms with Crippen molar-refractivity contribution in [2.75, 3.05) is 19.4 Å². The minimum atomic E-state index is -4.04. The fourth-order valence-corrected chi connectivity index (χ4v) is 5.72. The number of Topliss-reactive ketones (excluding diaryl/α,β-unsaturated/α-hetero) is 2. The number of aryl methyl sites for hydroxylation is 1. The second-order valence-electron chi connectivity index (χ2n) is 8.20. The van der Waals surface area contributed by atoms with E-state index >= 15 is 0 Å². The molecule has 2 unspecified atom stereocenters. The van der Waals surface area contributed by atoms with Crippen molar-refractivity contribution >= 4 is 38.9 Å². The summed E-state index contributed by atoms with van der Waals surface area (Å²) in [6.07, 6.45) is 2.76. The molecule has 2 aliphatic rings. The van der Waals surface area contributed by atoms with Gasteiger partial charge in [-0.2, -0.15) is 0 Å². The predicted molar refractivity (Wildman–Crippen MR) is 120 cm³/mol. The summed E-state index contributed by atoms with van der Waals surface area (Å²) in [5.41, 5.74) is 2.34. The van der Waals surface area contributed by atoms with Crippen LogP contribution in [0.15, 0.2) is 41.3 Å². The summed E-state index contributed by atoms with van der Waals surface area (Å²) in [5.74, 6) is -1.77. The Kier molecular flexibility index (Phi) is 6.02. The summed E-state index contributed by atoms with van der Waals surface area (Å²) >= 11 is 6.04. The SMILES string of the molecule is CN(C)S(=O)(=O)c1c(Cl)ccc(NC2C(=O)C(=O)C2N[C@@H]2CCCc3ccccc32)c1O. The summed E-state index contributed by atoms with van der Waals surface area (Å²) in [7, 11) is -1.39. The van der Waals surface area contributed by atoms with Crippen LogP contribution >= 0.6 is 11.6 Å². The summed E-state index contributed by atoms with van der Waals surface area (Å²) in [6, 6.07) is 8.91. The van der Waals surface area contributed by atoms with E-state index in [9.17, 15) is 23.1 Å². The van der Waals surface area contributed by atoms with E-state index in [0.29, 0.717) is 0 Å². The number of sulfonamides is 1. The Hall–Kier alpha value is -2.46. The van der Waals surface area contributed by atoms with Crippen molar-refractivity contribution in [3.05, 3.63) is 52.5 Å². The van der Waals surface area contributed by atoms with Gasteiger partial charge >= 0.3 is 0 Å². The molecule has 0 aromatic heterocycles. The molecular weight excluding hydrogens is 454 g/mol. The van der Waals surface area contributed by atoms with Gasteiger partial charge in [-0.05, 0) is 42.5 Å². The van der Waals surface area contributed by atoms with Gasteiger partial charge in [0, 0.05) is 20.1 Å². The molecule has 0 amide bonds. The van der Waals surface area contributed by atoms with E-state index < -0.39 is 44.3 Å². The molecule has 8 nitrogen and oxygen atoms in total. The molecule has 0 saturated heterocycles. The summed E-state index contributed by atoms with van der Waals surface area (Å²) in [5, 5.41) is 16.6. The zero-order chi connectivity index (χ0) is 23.2. The lowest BCUT2D eigenvalue weighted by atomic mass is 9.80. The molecule has 3 atom stereocenters. The first kappa shape index (κ1) is 22.7. The third-order valence-corrected chi connectivity index (χ3v) is 8.34. The van der Waals surface area contributed by atoms with Crippen molar-refractivity contribution < 1.29 is 23.1 Å². The zero-order valence-corrected chi connectivity index (χ0v) is 19.2. The van der Waals surface area contributed by atoms with Gasteiger partial charge in [0.05, 0.1) is 10.7 Å². The number of carbonyl (C=O) groups excluding carboxylic acids is 2. The van der Waals surface area contributed by atoms with Crippen molar-refractivity contribution in [2.45, 2.75) is 42.3 Å². The molecule has 0 radical (unpaired) electrons. The number of rotatable bonds is 6. The number of nitrogens with zero attached hydrogens (tertiary/aromatic N) is 1. The highest BCUT2D eigenvalue weighted by molar-refractivity contribution is 7.89. The Bertz CT molecular complexity index is 1200. The normalized spacial score (nSPS) is 23.1. The first-order chi connectivity index (χ1) is 15.1. The summed E-state index contributed by atoms with van der Waals surface area (Å²) in [4.78, 5) is 24.2. The van der Waals surface area contributed by atoms with Crippen molar-refractivity contribution in [2.24, 2.45) is 0 Å². The minimum Gasteiger partial charge on any atom is -0.504 e. The second-order valence-corrected chi connectivity index (χ2v) is 10.7. The lowest BCUT2D eigenvalue weighted by molar-refractivity contribution is -0.145. The van der Waals surface area contributed by atoms with Crippen molar-refractivity contribution in [1.82, 2.24) is 9.62 Å². The lowest BCUT2D eigenvalue weighted by Crippen LogP contribution is -2.67. The Morgan fingerprint density at radius 1 is 1.06 bits per heavy atom. The Balaban J connectivity index is 1.60. The molecule has 0 aliphatic heterocycles. The Labute approximate surface area is 191 Å². The van der Waals surface area contributed by atoms with Crippen LogP contribution in [0.3, 0.4) is 0 Å². The molecule has 0 bridgehead atoms. The fourth-order valence-electron chi connectivity index (χ4n) is 4.24. The molecule has 3 N–H and O–H groups in total. The van der Waals surface area contributed by atoms with Crippen molar-refractivity contribution in [3.63, 3.8) is 0 Å². The number of halogens is 1. The van der Waals surface area contributed by atoms with Crippen LogP contribution in [0.4, 0.5) is 5.69 Å². The number of nitrogens with one attached hydrogen (secondary N) is 2. The minimum absolute atomic E-state index is 0.0107. The molecule has 0 spiro atoms. The van der Waals surface area contributed by atoms with Crippen LogP contribution in [0.2, 0.25) is 5.02 Å². The van der Waals surface area contributed by atoms with Crippen LogP contribution in [0, 0.1) is 0 Å². The van der Waals surface area contributed by atoms with Crippen LogP contribution in [0.5, 0.6) is 5.75 Å². The maximum atomic E-state index is 12.6. The van der Waals surface area contributed by atoms with Gasteiger partial charge in [-0.3, -0.25) is 14.9 Å². The van der Waals surface area contributed by atoms with E-state index in [0.717, 1.165) is 29.1 Å². The molecule has 0 heterocycles. The molecule has 2 aromatic rings. The number of aromatic hydroxyl groups is 1. The highest BCUT2D eigenvalue weighted by Gasteiger charge is 2.50. The largest absolute Gasteiger partial charge is 0.504 e. The smallest absolute Gasteiger partial charge is 0.247 e. The molecule has 1 saturated carbocycles. The monoisotopic (exact) mass is 477 g/mol. The Morgan fingerprint density at radius 2 is 1.75 bits per heavy atom. The molecule has 170 valence electrons. The lowest BCUT2D eigenvalue weighted by Gasteiger charge is -2.39. The number of hydrogen-bond acceptors (Lipinski definition) is 7. The molecule has 4 rings (SSSR count). The highest BCUT2D eigenvalue weighted by Crippen LogP contribution is 2.39. The molecule has 2 aliphatic carbocycles. The van der Waals surface area contributed by atoms with E-state index in [-0.39, 0.29) is 16.8 Å². The second kappa shape index (κ2) is 8.47.